The van der Waals surface area contributed by atoms with E-state index in [1.54, 1.807) is 6.26 Å². The average Bonchev–Trinajstić information content (AvgIpc) is 2.04. The first kappa shape index (κ1) is 13.3. The summed E-state index contributed by atoms with van der Waals surface area (Å²) in [6, 6.07) is 0. The predicted octanol–water partition coefficient (Wildman–Crippen LogP) is 0.283. The number of amides is 2. The molecule has 0 aliphatic carbocycles. The van der Waals surface area contributed by atoms with Crippen molar-refractivity contribution in [3.8, 4) is 0 Å². The molecule has 2 unspecified atom stereocenters. The molecule has 0 spiro atoms. The summed E-state index contributed by atoms with van der Waals surface area (Å²) in [5, 5.41) is 0. The second-order valence-corrected chi connectivity index (χ2v) is 6.51. The van der Waals surface area contributed by atoms with Gasteiger partial charge in [-0.3, -0.25) is 9.59 Å². The second-order valence-electron chi connectivity index (χ2n) is 1.92. The number of nitrogens with two attached hydrogens (primary N) is 2. The Hall–Kier alpha value is 0.340. The molecule has 0 saturated heterocycles. The molecule has 8 heteroatoms. The van der Waals surface area contributed by atoms with E-state index in [-0.39, 0.29) is 4.58 Å². The third-order valence-corrected chi connectivity index (χ3v) is 6.24. The summed E-state index contributed by atoms with van der Waals surface area (Å²) in [6.45, 7) is 0. The van der Waals surface area contributed by atoms with Crippen LogP contribution in [0.2, 0.25) is 0 Å². The quantitative estimate of drug-likeness (QED) is 0.362. The molecule has 0 aromatic heterocycles. The molecular weight excluding hydrogens is 248 g/mol. The summed E-state index contributed by atoms with van der Waals surface area (Å²) in [5.74, 6) is -0.944. The van der Waals surface area contributed by atoms with Crippen LogP contribution < -0.4 is 11.5 Å². The van der Waals surface area contributed by atoms with E-state index in [9.17, 15) is 9.59 Å². The highest BCUT2D eigenvalue weighted by Crippen LogP contribution is 2.36. The number of thioether (sulfide) groups is 1. The van der Waals surface area contributed by atoms with Gasteiger partial charge in [0.05, 0.1) is 0 Å². The van der Waals surface area contributed by atoms with Gasteiger partial charge in [0.2, 0.25) is 11.8 Å². The normalized spacial score (nSPS) is 14.9. The number of hydrogen-bond acceptors (Lipinski definition) is 6. The molecule has 0 aromatic carbocycles. The number of rotatable bonds is 6. The smallest absolute Gasteiger partial charge is 0.241 e. The molecule has 4 N–H and O–H groups in total. The zero-order chi connectivity index (χ0) is 10.4. The van der Waals surface area contributed by atoms with Crippen LogP contribution in [-0.2, 0) is 9.59 Å². The number of thiol groups is 1. The molecule has 0 rings (SSSR count). The van der Waals surface area contributed by atoms with E-state index < -0.39 is 16.4 Å². The lowest BCUT2D eigenvalue weighted by atomic mass is 10.8. The minimum Gasteiger partial charge on any atom is -0.368 e. The minimum absolute atomic E-state index is 0.376. The van der Waals surface area contributed by atoms with Crippen molar-refractivity contribution in [2.45, 2.75) is 9.16 Å². The Labute approximate surface area is 94.1 Å². The maximum atomic E-state index is 10.7. The highest BCUT2D eigenvalue weighted by Gasteiger charge is 2.18. The van der Waals surface area contributed by atoms with E-state index >= 15 is 0 Å². The first-order valence-electron chi connectivity index (χ1n) is 3.10. The monoisotopic (exact) mass is 258 g/mol. The summed E-state index contributed by atoms with van der Waals surface area (Å²) < 4.78 is -0.988. The lowest BCUT2D eigenvalue weighted by molar-refractivity contribution is -0.117. The third kappa shape index (κ3) is 5.61. The van der Waals surface area contributed by atoms with Gasteiger partial charge in [-0.25, -0.2) is 0 Å². The van der Waals surface area contributed by atoms with Gasteiger partial charge >= 0.3 is 0 Å². The Bertz CT molecular complexity index is 201. The summed E-state index contributed by atoms with van der Waals surface area (Å²) in [6.07, 6.45) is 1.76. The molecule has 0 fully saturated rings. The Morgan fingerprint density at radius 2 is 1.77 bits per heavy atom. The van der Waals surface area contributed by atoms with Crippen LogP contribution in [0.5, 0.6) is 0 Å². The van der Waals surface area contributed by atoms with Gasteiger partial charge in [-0.1, -0.05) is 21.6 Å². The van der Waals surface area contributed by atoms with Gasteiger partial charge in [0.25, 0.3) is 0 Å². The summed E-state index contributed by atoms with van der Waals surface area (Å²) in [5.41, 5.74) is 10.0. The van der Waals surface area contributed by atoms with Crippen LogP contribution in [0.3, 0.4) is 0 Å². The molecule has 13 heavy (non-hydrogen) atoms. The van der Waals surface area contributed by atoms with Crippen molar-refractivity contribution < 1.29 is 9.59 Å². The fourth-order valence-corrected chi connectivity index (χ4v) is 4.05. The molecule has 0 saturated carbocycles. The molecule has 0 heterocycles. The first-order valence-corrected chi connectivity index (χ1v) is 7.18. The average molecular weight is 258 g/mol. The molecule has 4 nitrogen and oxygen atoms in total. The summed E-state index contributed by atoms with van der Waals surface area (Å²) in [4.78, 5) is 21.3. The third-order valence-electron chi connectivity index (χ3n) is 0.924. The van der Waals surface area contributed by atoms with Crippen LogP contribution in [0.15, 0.2) is 0 Å². The van der Waals surface area contributed by atoms with Crippen LogP contribution in [0.4, 0.5) is 0 Å². The highest BCUT2D eigenvalue weighted by molar-refractivity contribution is 8.80. The van der Waals surface area contributed by atoms with Crippen molar-refractivity contribution in [2.24, 2.45) is 11.5 Å². The van der Waals surface area contributed by atoms with Gasteiger partial charge in [-0.15, -0.1) is 11.8 Å². The van der Waals surface area contributed by atoms with Crippen molar-refractivity contribution in [3.63, 3.8) is 0 Å². The van der Waals surface area contributed by atoms with E-state index in [1.807, 2.05) is 0 Å². The lowest BCUT2D eigenvalue weighted by Gasteiger charge is -2.10. The number of carbonyl (C=O) groups is 2. The van der Waals surface area contributed by atoms with E-state index in [0.717, 1.165) is 10.8 Å². The maximum absolute atomic E-state index is 10.7. The largest absolute Gasteiger partial charge is 0.368 e. The molecule has 0 aliphatic heterocycles. The molecule has 0 bridgehead atoms. The Morgan fingerprint density at radius 1 is 1.23 bits per heavy atom. The van der Waals surface area contributed by atoms with Gasteiger partial charge in [0.1, 0.15) is 9.16 Å². The molecule has 0 radical (unpaired) electrons. The predicted molar refractivity (Wildman–Crippen MR) is 63.6 cm³/mol. The van der Waals surface area contributed by atoms with E-state index in [1.165, 1.54) is 22.6 Å². The van der Waals surface area contributed by atoms with Crippen molar-refractivity contribution >= 4 is 57.8 Å². The fourth-order valence-electron chi connectivity index (χ4n) is 0.353. The van der Waals surface area contributed by atoms with E-state index in [0.29, 0.717) is 0 Å². The van der Waals surface area contributed by atoms with Gasteiger partial charge < -0.3 is 11.5 Å². The van der Waals surface area contributed by atoms with Crippen LogP contribution in [0, 0.1) is 0 Å². The molecule has 0 aliphatic rings. The first-order chi connectivity index (χ1) is 5.99. The minimum atomic E-state index is -0.612. The van der Waals surface area contributed by atoms with Crippen molar-refractivity contribution in [1.29, 1.82) is 0 Å². The molecule has 0 aromatic rings. The van der Waals surface area contributed by atoms with Gasteiger partial charge in [-0.05, 0) is 6.26 Å². The van der Waals surface area contributed by atoms with Crippen molar-refractivity contribution in [1.82, 2.24) is 0 Å². The number of carbonyl (C=O) groups excluding carboxylic acids is 2. The Kier molecular flexibility index (Phi) is 6.92. The van der Waals surface area contributed by atoms with Gasteiger partial charge in [0.15, 0.2) is 0 Å². The number of hydrogen-bond donors (Lipinski definition) is 3. The maximum Gasteiger partial charge on any atom is 0.241 e. The summed E-state index contributed by atoms with van der Waals surface area (Å²) >= 11 is 5.23. The van der Waals surface area contributed by atoms with Crippen molar-refractivity contribution in [2.75, 3.05) is 6.26 Å². The molecule has 76 valence electrons. The number of primary amides is 2. The zero-order valence-corrected chi connectivity index (χ0v) is 10.1. The highest BCUT2D eigenvalue weighted by atomic mass is 33.1. The van der Waals surface area contributed by atoms with E-state index in [2.05, 4.69) is 12.6 Å². The van der Waals surface area contributed by atoms with E-state index in [4.69, 9.17) is 11.5 Å². The zero-order valence-electron chi connectivity index (χ0n) is 6.80. The molecular formula is C5H10N2O2S4. The Morgan fingerprint density at radius 3 is 2.08 bits per heavy atom. The Balaban J connectivity index is 3.85. The summed E-state index contributed by atoms with van der Waals surface area (Å²) in [7, 11) is 2.32. The molecule has 2 atom stereocenters. The fraction of sp³-hybridized carbons (Fsp3) is 0.600. The van der Waals surface area contributed by atoms with Gasteiger partial charge in [-0.2, -0.15) is 12.6 Å². The molecule has 2 amide bonds. The standard InChI is InChI=1S/C5H10N2O2S4/c1-11-5(3(7)9)13-12-4(10)2(6)8/h4-5,10H,1H3,(H2,6,8)(H2,7,9). The lowest BCUT2D eigenvalue weighted by Crippen LogP contribution is -2.24. The SMILES string of the molecule is CSC(SSC(S)C(N)=O)C(N)=O. The van der Waals surface area contributed by atoms with Crippen LogP contribution in [-0.4, -0.2) is 27.2 Å². The van der Waals surface area contributed by atoms with Crippen LogP contribution in [0.25, 0.3) is 0 Å². The van der Waals surface area contributed by atoms with Crippen molar-refractivity contribution in [3.05, 3.63) is 0 Å². The topological polar surface area (TPSA) is 86.2 Å². The van der Waals surface area contributed by atoms with Crippen LogP contribution >= 0.6 is 46.0 Å². The second kappa shape index (κ2) is 6.74. The van der Waals surface area contributed by atoms with Gasteiger partial charge in [0, 0.05) is 0 Å². The van der Waals surface area contributed by atoms with Crippen LogP contribution in [0.1, 0.15) is 0 Å².